The summed E-state index contributed by atoms with van der Waals surface area (Å²) in [4.78, 5) is 4.99. The number of rotatable bonds is 6. The second kappa shape index (κ2) is 7.34. The van der Waals surface area contributed by atoms with Crippen molar-refractivity contribution in [1.82, 2.24) is 15.1 Å². The average molecular weight is 241 g/mol. The van der Waals surface area contributed by atoms with Crippen LogP contribution in [0.5, 0.6) is 0 Å². The summed E-state index contributed by atoms with van der Waals surface area (Å²) >= 11 is 0. The minimum atomic E-state index is 0.639. The van der Waals surface area contributed by atoms with Crippen LogP contribution in [0.25, 0.3) is 0 Å². The van der Waals surface area contributed by atoms with Crippen LogP contribution in [0.15, 0.2) is 0 Å². The maximum atomic E-state index is 3.44. The molecule has 102 valence electrons. The Labute approximate surface area is 108 Å². The Kier molecular flexibility index (Phi) is 6.45. The van der Waals surface area contributed by atoms with Crippen molar-refractivity contribution in [1.29, 1.82) is 0 Å². The molecule has 0 bridgehead atoms. The van der Waals surface area contributed by atoms with Gasteiger partial charge in [0, 0.05) is 18.6 Å². The van der Waals surface area contributed by atoms with Gasteiger partial charge in [-0.2, -0.15) is 0 Å². The molecular formula is C14H31N3. The van der Waals surface area contributed by atoms with Crippen LogP contribution in [0.2, 0.25) is 0 Å². The van der Waals surface area contributed by atoms with E-state index in [4.69, 9.17) is 0 Å². The van der Waals surface area contributed by atoms with E-state index >= 15 is 0 Å². The third-order valence-corrected chi connectivity index (χ3v) is 4.24. The minimum Gasteiger partial charge on any atom is -0.315 e. The Bertz CT molecular complexity index is 194. The van der Waals surface area contributed by atoms with Gasteiger partial charge in [0.25, 0.3) is 0 Å². The number of nitrogens with one attached hydrogen (secondary N) is 1. The number of likely N-dealkylation sites (tertiary alicyclic amines) is 1. The Morgan fingerprint density at radius 1 is 1.29 bits per heavy atom. The maximum Gasteiger partial charge on any atom is 0.0220 e. The van der Waals surface area contributed by atoms with Gasteiger partial charge in [-0.05, 0) is 66.3 Å². The van der Waals surface area contributed by atoms with Gasteiger partial charge in [-0.15, -0.1) is 0 Å². The van der Waals surface area contributed by atoms with Gasteiger partial charge in [0.05, 0.1) is 0 Å². The molecule has 0 spiro atoms. The smallest absolute Gasteiger partial charge is 0.0220 e. The van der Waals surface area contributed by atoms with Crippen molar-refractivity contribution in [2.45, 2.75) is 45.2 Å². The van der Waals surface area contributed by atoms with Gasteiger partial charge in [0.1, 0.15) is 0 Å². The quantitative estimate of drug-likeness (QED) is 0.763. The van der Waals surface area contributed by atoms with Gasteiger partial charge in [-0.3, -0.25) is 4.90 Å². The average Bonchev–Trinajstić information content (AvgIpc) is 2.30. The molecule has 0 aliphatic carbocycles. The number of piperidine rings is 1. The Balaban J connectivity index is 2.35. The lowest BCUT2D eigenvalue weighted by molar-refractivity contribution is 0.107. The van der Waals surface area contributed by atoms with Crippen LogP contribution in [-0.2, 0) is 0 Å². The summed E-state index contributed by atoms with van der Waals surface area (Å²) in [5.74, 6) is 0.906. The second-order valence-corrected chi connectivity index (χ2v) is 5.79. The van der Waals surface area contributed by atoms with E-state index in [1.165, 1.54) is 38.9 Å². The summed E-state index contributed by atoms with van der Waals surface area (Å²) in [7, 11) is 6.45. The molecule has 2 unspecified atom stereocenters. The molecule has 0 saturated carbocycles. The number of hydrogen-bond acceptors (Lipinski definition) is 3. The van der Waals surface area contributed by atoms with Crippen molar-refractivity contribution in [2.75, 3.05) is 40.8 Å². The molecule has 0 amide bonds. The fourth-order valence-electron chi connectivity index (χ4n) is 3.10. The first-order valence-electron chi connectivity index (χ1n) is 7.14. The molecule has 1 N–H and O–H groups in total. The zero-order chi connectivity index (χ0) is 12.8. The van der Waals surface area contributed by atoms with Gasteiger partial charge in [0.15, 0.2) is 0 Å². The lowest BCUT2D eigenvalue weighted by Gasteiger charge is -2.39. The molecule has 1 saturated heterocycles. The van der Waals surface area contributed by atoms with E-state index < -0.39 is 0 Å². The molecule has 1 heterocycles. The minimum absolute atomic E-state index is 0.639. The Morgan fingerprint density at radius 3 is 2.29 bits per heavy atom. The highest BCUT2D eigenvalue weighted by molar-refractivity contribution is 4.83. The summed E-state index contributed by atoms with van der Waals surface area (Å²) in [6.45, 7) is 8.45. The van der Waals surface area contributed by atoms with Crippen molar-refractivity contribution in [3.63, 3.8) is 0 Å². The monoisotopic (exact) mass is 241 g/mol. The highest BCUT2D eigenvalue weighted by atomic mass is 15.2. The van der Waals surface area contributed by atoms with Crippen LogP contribution in [0.1, 0.15) is 33.1 Å². The van der Waals surface area contributed by atoms with Crippen LogP contribution in [-0.4, -0.2) is 62.7 Å². The fraction of sp³-hybridized carbons (Fsp3) is 1.00. The molecule has 0 aromatic carbocycles. The van der Waals surface area contributed by atoms with Crippen LogP contribution in [0.4, 0.5) is 0 Å². The van der Waals surface area contributed by atoms with Crippen molar-refractivity contribution < 1.29 is 0 Å². The van der Waals surface area contributed by atoms with E-state index in [2.05, 4.69) is 50.1 Å². The highest BCUT2D eigenvalue weighted by Crippen LogP contribution is 2.21. The zero-order valence-electron chi connectivity index (χ0n) is 12.4. The fourth-order valence-corrected chi connectivity index (χ4v) is 3.10. The first-order chi connectivity index (χ1) is 8.08. The molecule has 0 radical (unpaired) electrons. The van der Waals surface area contributed by atoms with Gasteiger partial charge in [-0.25, -0.2) is 0 Å². The summed E-state index contributed by atoms with van der Waals surface area (Å²) in [5.41, 5.74) is 0. The highest BCUT2D eigenvalue weighted by Gasteiger charge is 2.26. The standard InChI is InChI=1S/C14H31N3/c1-6-14(15-3)12(2)17-9-7-13(8-10-17)11-16(4)5/h12-15H,6-11H2,1-5H3. The molecule has 17 heavy (non-hydrogen) atoms. The molecule has 1 rings (SSSR count). The number of likely N-dealkylation sites (N-methyl/N-ethyl adjacent to an activating group) is 1. The van der Waals surface area contributed by atoms with E-state index in [1.54, 1.807) is 0 Å². The van der Waals surface area contributed by atoms with Gasteiger partial charge in [0.2, 0.25) is 0 Å². The van der Waals surface area contributed by atoms with Crippen LogP contribution < -0.4 is 5.32 Å². The van der Waals surface area contributed by atoms with E-state index in [9.17, 15) is 0 Å². The molecule has 1 aliphatic rings. The van der Waals surface area contributed by atoms with Crippen molar-refractivity contribution in [2.24, 2.45) is 5.92 Å². The molecule has 1 fully saturated rings. The molecule has 3 heteroatoms. The SMILES string of the molecule is CCC(NC)C(C)N1CCC(CN(C)C)CC1. The predicted molar refractivity (Wildman–Crippen MR) is 75.5 cm³/mol. The van der Waals surface area contributed by atoms with Crippen molar-refractivity contribution >= 4 is 0 Å². The molecular weight excluding hydrogens is 210 g/mol. The van der Waals surface area contributed by atoms with Crippen LogP contribution in [0, 0.1) is 5.92 Å². The predicted octanol–water partition coefficient (Wildman–Crippen LogP) is 1.65. The second-order valence-electron chi connectivity index (χ2n) is 5.79. The first-order valence-corrected chi connectivity index (χ1v) is 7.14. The van der Waals surface area contributed by atoms with Crippen molar-refractivity contribution in [3.8, 4) is 0 Å². The van der Waals surface area contributed by atoms with E-state index in [1.807, 2.05) is 0 Å². The van der Waals surface area contributed by atoms with Crippen LogP contribution >= 0.6 is 0 Å². The number of nitrogens with zero attached hydrogens (tertiary/aromatic N) is 2. The first kappa shape index (κ1) is 14.9. The summed E-state index contributed by atoms with van der Waals surface area (Å²) in [6.07, 6.45) is 3.95. The Morgan fingerprint density at radius 2 is 1.88 bits per heavy atom. The Hall–Kier alpha value is -0.120. The number of hydrogen-bond donors (Lipinski definition) is 1. The third kappa shape index (κ3) is 4.57. The summed E-state index contributed by atoms with van der Waals surface area (Å²) in [6, 6.07) is 1.31. The molecule has 1 aliphatic heterocycles. The third-order valence-electron chi connectivity index (χ3n) is 4.24. The van der Waals surface area contributed by atoms with E-state index in [-0.39, 0.29) is 0 Å². The molecule has 0 aromatic rings. The maximum absolute atomic E-state index is 3.44. The zero-order valence-corrected chi connectivity index (χ0v) is 12.4. The van der Waals surface area contributed by atoms with Gasteiger partial charge in [-0.1, -0.05) is 6.92 Å². The van der Waals surface area contributed by atoms with Gasteiger partial charge < -0.3 is 10.2 Å². The topological polar surface area (TPSA) is 18.5 Å². The largest absolute Gasteiger partial charge is 0.315 e. The van der Waals surface area contributed by atoms with Gasteiger partial charge >= 0.3 is 0 Å². The lowest BCUT2D eigenvalue weighted by atomic mass is 9.94. The molecule has 3 nitrogen and oxygen atoms in total. The van der Waals surface area contributed by atoms with Crippen LogP contribution in [0.3, 0.4) is 0 Å². The molecule has 0 aromatic heterocycles. The van der Waals surface area contributed by atoms with E-state index in [0.717, 1.165) is 5.92 Å². The van der Waals surface area contributed by atoms with Crippen molar-refractivity contribution in [3.05, 3.63) is 0 Å². The summed E-state index contributed by atoms with van der Waals surface area (Å²) in [5, 5.41) is 3.44. The summed E-state index contributed by atoms with van der Waals surface area (Å²) < 4.78 is 0. The van der Waals surface area contributed by atoms with E-state index in [0.29, 0.717) is 12.1 Å². The normalized spacial score (nSPS) is 22.9. The lowest BCUT2D eigenvalue weighted by Crippen LogP contribution is -2.50. The molecule has 2 atom stereocenters.